The van der Waals surface area contributed by atoms with Crippen molar-refractivity contribution in [3.63, 3.8) is 0 Å². The van der Waals surface area contributed by atoms with Gasteiger partial charge in [0, 0.05) is 5.41 Å². The number of hydrogen-bond donors (Lipinski definition) is 0. The Kier molecular flexibility index (Phi) is 2.04. The van der Waals surface area contributed by atoms with E-state index in [1.54, 1.807) is 0 Å². The molecular formula is C9H15O4P. The number of rotatable bonds is 1. The van der Waals surface area contributed by atoms with Crippen LogP contribution in [0, 0.1) is 11.3 Å². The highest BCUT2D eigenvalue weighted by Gasteiger charge is 2.54. The fourth-order valence-electron chi connectivity index (χ4n) is 2.75. The van der Waals surface area contributed by atoms with Crippen molar-refractivity contribution in [2.24, 2.45) is 11.3 Å². The lowest BCUT2D eigenvalue weighted by molar-refractivity contribution is -0.121. The van der Waals surface area contributed by atoms with Gasteiger partial charge in [-0.25, -0.2) is 4.57 Å². The Balaban J connectivity index is 1.81. The monoisotopic (exact) mass is 218 g/mol. The van der Waals surface area contributed by atoms with Crippen molar-refractivity contribution >= 4 is 7.82 Å². The minimum absolute atomic E-state index is 0.00264. The molecule has 3 saturated heterocycles. The predicted molar refractivity (Wildman–Crippen MR) is 49.9 cm³/mol. The van der Waals surface area contributed by atoms with Crippen LogP contribution in [0.4, 0.5) is 0 Å². The number of phosphoric ester groups is 1. The number of hydrogen-bond acceptors (Lipinski definition) is 4. The lowest BCUT2D eigenvalue weighted by Gasteiger charge is -2.47. The Labute approximate surface area is 83.5 Å². The second kappa shape index (κ2) is 3.05. The van der Waals surface area contributed by atoms with E-state index in [0.29, 0.717) is 25.7 Å². The molecule has 1 aliphatic carbocycles. The van der Waals surface area contributed by atoms with Crippen LogP contribution in [0.3, 0.4) is 0 Å². The summed E-state index contributed by atoms with van der Waals surface area (Å²) in [5.74, 6) is 0.636. The van der Waals surface area contributed by atoms with Gasteiger partial charge in [0.25, 0.3) is 0 Å². The largest absolute Gasteiger partial charge is 0.474 e. The second-order valence-electron chi connectivity index (χ2n) is 4.61. The van der Waals surface area contributed by atoms with Crippen molar-refractivity contribution in [3.05, 3.63) is 0 Å². The first-order valence-electron chi connectivity index (χ1n) is 5.26. The number of fused-ring (bicyclic) bond motifs is 3. The highest BCUT2D eigenvalue weighted by molar-refractivity contribution is 7.48. The normalized spacial score (nSPS) is 48.6. The third-order valence-corrected chi connectivity index (χ3v) is 5.09. The fraction of sp³-hybridized carbons (Fsp3) is 1.00. The maximum Gasteiger partial charge on any atom is 0.474 e. The quantitative estimate of drug-likeness (QED) is 0.634. The minimum atomic E-state index is -3.11. The SMILES string of the molecule is O=P12OCC(C3CCCC3)(CO1)CO2. The molecule has 0 atom stereocenters. The minimum Gasteiger partial charge on any atom is -0.286 e. The Morgan fingerprint density at radius 2 is 1.50 bits per heavy atom. The third kappa shape index (κ3) is 1.28. The fourth-order valence-corrected chi connectivity index (χ4v) is 4.22. The van der Waals surface area contributed by atoms with Crippen LogP contribution in [0.1, 0.15) is 25.7 Å². The molecule has 80 valence electrons. The van der Waals surface area contributed by atoms with E-state index >= 15 is 0 Å². The smallest absolute Gasteiger partial charge is 0.286 e. The van der Waals surface area contributed by atoms with Crippen molar-refractivity contribution < 1.29 is 18.1 Å². The van der Waals surface area contributed by atoms with Crippen molar-refractivity contribution in [3.8, 4) is 0 Å². The first-order chi connectivity index (χ1) is 6.73. The topological polar surface area (TPSA) is 44.8 Å². The lowest BCUT2D eigenvalue weighted by Crippen LogP contribution is -2.49. The average Bonchev–Trinajstić information content (AvgIpc) is 2.73. The van der Waals surface area contributed by atoms with Gasteiger partial charge in [0.1, 0.15) is 0 Å². The Morgan fingerprint density at radius 1 is 1.00 bits per heavy atom. The van der Waals surface area contributed by atoms with E-state index < -0.39 is 7.82 Å². The van der Waals surface area contributed by atoms with E-state index in [1.807, 2.05) is 0 Å². The molecule has 4 aliphatic rings. The van der Waals surface area contributed by atoms with Gasteiger partial charge in [-0.05, 0) is 18.8 Å². The van der Waals surface area contributed by atoms with Crippen molar-refractivity contribution in [1.29, 1.82) is 0 Å². The highest BCUT2D eigenvalue weighted by atomic mass is 31.2. The molecule has 4 nitrogen and oxygen atoms in total. The van der Waals surface area contributed by atoms with Crippen LogP contribution >= 0.6 is 7.82 Å². The molecule has 14 heavy (non-hydrogen) atoms. The van der Waals surface area contributed by atoms with Gasteiger partial charge in [0.2, 0.25) is 0 Å². The molecule has 2 bridgehead atoms. The molecule has 0 aromatic rings. The maximum absolute atomic E-state index is 11.5. The molecule has 3 heterocycles. The van der Waals surface area contributed by atoms with Gasteiger partial charge < -0.3 is 0 Å². The number of phosphoric acid groups is 1. The van der Waals surface area contributed by atoms with Crippen molar-refractivity contribution in [1.82, 2.24) is 0 Å². The van der Waals surface area contributed by atoms with Gasteiger partial charge in [-0.2, -0.15) is 0 Å². The van der Waals surface area contributed by atoms with Crippen LogP contribution in [0.15, 0.2) is 0 Å². The summed E-state index contributed by atoms with van der Waals surface area (Å²) < 4.78 is 27.1. The van der Waals surface area contributed by atoms with Crippen molar-refractivity contribution in [2.75, 3.05) is 19.8 Å². The zero-order chi connectivity index (χ0) is 9.65. The van der Waals surface area contributed by atoms with E-state index in [9.17, 15) is 4.57 Å². The first kappa shape index (κ1) is 9.34. The third-order valence-electron chi connectivity index (χ3n) is 3.75. The van der Waals surface area contributed by atoms with E-state index in [4.69, 9.17) is 13.6 Å². The van der Waals surface area contributed by atoms with E-state index in [2.05, 4.69) is 0 Å². The highest BCUT2D eigenvalue weighted by Crippen LogP contribution is 2.63. The van der Waals surface area contributed by atoms with E-state index in [1.165, 1.54) is 25.7 Å². The first-order valence-corrected chi connectivity index (χ1v) is 6.72. The van der Waals surface area contributed by atoms with Crippen LogP contribution in [0.25, 0.3) is 0 Å². The van der Waals surface area contributed by atoms with Crippen LogP contribution in [-0.2, 0) is 18.1 Å². The van der Waals surface area contributed by atoms with Crippen LogP contribution < -0.4 is 0 Å². The van der Waals surface area contributed by atoms with Gasteiger partial charge in [0.15, 0.2) is 0 Å². The molecule has 1 saturated carbocycles. The summed E-state index contributed by atoms with van der Waals surface area (Å²) in [5.41, 5.74) is 0.00264. The lowest BCUT2D eigenvalue weighted by atomic mass is 9.76. The molecule has 4 rings (SSSR count). The maximum atomic E-state index is 11.5. The molecule has 0 aromatic heterocycles. The molecule has 3 aliphatic heterocycles. The average molecular weight is 218 g/mol. The summed E-state index contributed by atoms with van der Waals surface area (Å²) >= 11 is 0. The molecule has 0 aromatic carbocycles. The molecule has 0 N–H and O–H groups in total. The van der Waals surface area contributed by atoms with Gasteiger partial charge in [-0.1, -0.05) is 12.8 Å². The van der Waals surface area contributed by atoms with Gasteiger partial charge >= 0.3 is 7.82 Å². The summed E-state index contributed by atoms with van der Waals surface area (Å²) in [7, 11) is -3.11. The van der Waals surface area contributed by atoms with Crippen LogP contribution in [-0.4, -0.2) is 19.8 Å². The molecular weight excluding hydrogens is 203 g/mol. The van der Waals surface area contributed by atoms with E-state index in [-0.39, 0.29) is 5.41 Å². The summed E-state index contributed by atoms with van der Waals surface area (Å²) in [4.78, 5) is 0. The summed E-state index contributed by atoms with van der Waals surface area (Å²) in [6.07, 6.45) is 5.06. The molecule has 5 heteroatoms. The van der Waals surface area contributed by atoms with Crippen molar-refractivity contribution in [2.45, 2.75) is 25.7 Å². The molecule has 0 radical (unpaired) electrons. The van der Waals surface area contributed by atoms with E-state index in [0.717, 1.165) is 0 Å². The summed E-state index contributed by atoms with van der Waals surface area (Å²) in [6.45, 7) is 1.69. The Bertz CT molecular complexity index is 253. The Morgan fingerprint density at radius 3 is 2.00 bits per heavy atom. The predicted octanol–water partition coefficient (Wildman–Crippen LogP) is 2.35. The molecule has 0 amide bonds. The van der Waals surface area contributed by atoms with Gasteiger partial charge in [0.05, 0.1) is 19.8 Å². The standard InChI is InChI=1S/C9H15O4P/c10-14-11-5-9(6-12-14,7-13-14)8-3-1-2-4-8/h8H,1-7H2. The zero-order valence-electron chi connectivity index (χ0n) is 8.11. The van der Waals surface area contributed by atoms with Gasteiger partial charge in [-0.3, -0.25) is 13.6 Å². The Hall–Kier alpha value is 0.110. The van der Waals surface area contributed by atoms with Crippen LogP contribution in [0.5, 0.6) is 0 Å². The second-order valence-corrected chi connectivity index (χ2v) is 6.28. The summed E-state index contributed by atoms with van der Waals surface area (Å²) in [6, 6.07) is 0. The van der Waals surface area contributed by atoms with Gasteiger partial charge in [-0.15, -0.1) is 0 Å². The molecule has 0 spiro atoms. The summed E-state index contributed by atoms with van der Waals surface area (Å²) in [5, 5.41) is 0. The molecule has 0 unspecified atom stereocenters. The zero-order valence-corrected chi connectivity index (χ0v) is 9.00. The molecule has 4 fully saturated rings. The van der Waals surface area contributed by atoms with Crippen LogP contribution in [0.2, 0.25) is 0 Å².